The van der Waals surface area contributed by atoms with Crippen LogP contribution in [0.1, 0.15) is 33.7 Å². The van der Waals surface area contributed by atoms with Crippen LogP contribution in [0.2, 0.25) is 0 Å². The first-order valence-electron chi connectivity index (χ1n) is 10.2. The summed E-state index contributed by atoms with van der Waals surface area (Å²) in [6.45, 7) is 2.02. The van der Waals surface area contributed by atoms with Gasteiger partial charge in [0.2, 0.25) is 10.9 Å². The van der Waals surface area contributed by atoms with E-state index in [2.05, 4.69) is 33.0 Å². The Labute approximate surface area is 196 Å². The molecule has 2 amide bonds. The van der Waals surface area contributed by atoms with Crippen LogP contribution < -0.4 is 15.4 Å². The number of carbonyl (C=O) groups is 2. The van der Waals surface area contributed by atoms with Gasteiger partial charge in [0.1, 0.15) is 10.8 Å². The lowest BCUT2D eigenvalue weighted by Crippen LogP contribution is -2.34. The number of methoxy groups -OCH3 is 1. The zero-order valence-corrected chi connectivity index (χ0v) is 19.7. The van der Waals surface area contributed by atoms with Crippen molar-refractivity contribution in [1.29, 1.82) is 0 Å². The molecule has 7 nitrogen and oxygen atoms in total. The third kappa shape index (κ3) is 7.65. The highest BCUT2D eigenvalue weighted by Crippen LogP contribution is 2.19. The number of benzene rings is 2. The van der Waals surface area contributed by atoms with Crippen LogP contribution in [-0.2, 0) is 17.0 Å². The fourth-order valence-corrected chi connectivity index (χ4v) is 4.53. The molecule has 3 rings (SSSR count). The monoisotopic (exact) mass is 470 g/mol. The molecule has 32 heavy (non-hydrogen) atoms. The van der Waals surface area contributed by atoms with Crippen LogP contribution in [0.25, 0.3) is 0 Å². The fourth-order valence-electron chi connectivity index (χ4n) is 2.91. The molecular formula is C23H26N4O3S2. The smallest absolute Gasteiger partial charge is 0.286 e. The Balaban J connectivity index is 1.36. The van der Waals surface area contributed by atoms with Crippen LogP contribution in [0.4, 0.5) is 5.69 Å². The number of ether oxygens (including phenoxy) is 1. The normalized spacial score (nSPS) is 11.6. The summed E-state index contributed by atoms with van der Waals surface area (Å²) in [6.07, 6.45) is 1.82. The van der Waals surface area contributed by atoms with E-state index in [-0.39, 0.29) is 22.9 Å². The van der Waals surface area contributed by atoms with Gasteiger partial charge >= 0.3 is 0 Å². The Kier molecular flexibility index (Phi) is 9.06. The van der Waals surface area contributed by atoms with Gasteiger partial charge in [-0.3, -0.25) is 9.59 Å². The van der Waals surface area contributed by atoms with Crippen molar-refractivity contribution in [3.8, 4) is 5.75 Å². The summed E-state index contributed by atoms with van der Waals surface area (Å²) in [7, 11) is 1.59. The van der Waals surface area contributed by atoms with Crippen molar-refractivity contribution in [1.82, 2.24) is 15.5 Å². The molecule has 0 aliphatic carbocycles. The first-order chi connectivity index (χ1) is 15.5. The fraction of sp³-hybridized carbons (Fsp3) is 0.304. The van der Waals surface area contributed by atoms with E-state index in [1.54, 1.807) is 31.4 Å². The second-order valence-electron chi connectivity index (χ2n) is 7.17. The number of thioether (sulfide) groups is 1. The SMILES string of the molecule is COc1ccc(NC(=O)c2nnc(CSCC(=O)N[C@@H](C)CCc3ccccc3)s2)cc1. The zero-order chi connectivity index (χ0) is 22.8. The number of hydrogen-bond donors (Lipinski definition) is 2. The lowest BCUT2D eigenvalue weighted by atomic mass is 10.1. The number of aryl methyl sites for hydroxylation is 1. The second-order valence-corrected chi connectivity index (χ2v) is 9.22. The van der Waals surface area contributed by atoms with Gasteiger partial charge in [0.05, 0.1) is 12.9 Å². The van der Waals surface area contributed by atoms with E-state index in [1.165, 1.54) is 28.7 Å². The van der Waals surface area contributed by atoms with E-state index >= 15 is 0 Å². The van der Waals surface area contributed by atoms with E-state index < -0.39 is 0 Å². The Bertz CT molecular complexity index is 1010. The Morgan fingerprint density at radius 1 is 1.09 bits per heavy atom. The molecule has 9 heteroatoms. The van der Waals surface area contributed by atoms with E-state index in [0.717, 1.165) is 12.8 Å². The highest BCUT2D eigenvalue weighted by Gasteiger charge is 2.14. The summed E-state index contributed by atoms with van der Waals surface area (Å²) >= 11 is 2.68. The predicted octanol–water partition coefficient (Wildman–Crippen LogP) is 4.17. The van der Waals surface area contributed by atoms with Crippen molar-refractivity contribution < 1.29 is 14.3 Å². The number of nitrogens with zero attached hydrogens (tertiary/aromatic N) is 2. The molecule has 0 aliphatic heterocycles. The van der Waals surface area contributed by atoms with Gasteiger partial charge in [-0.15, -0.1) is 22.0 Å². The quantitative estimate of drug-likeness (QED) is 0.437. The molecule has 1 aromatic heterocycles. The average Bonchev–Trinajstić information content (AvgIpc) is 3.28. The van der Waals surface area contributed by atoms with Crippen LogP contribution in [0.3, 0.4) is 0 Å². The molecule has 0 spiro atoms. The van der Waals surface area contributed by atoms with E-state index in [1.807, 2.05) is 25.1 Å². The van der Waals surface area contributed by atoms with Crippen molar-refractivity contribution >= 4 is 40.6 Å². The van der Waals surface area contributed by atoms with Crippen molar-refractivity contribution in [3.05, 3.63) is 70.2 Å². The first kappa shape index (κ1) is 23.7. The van der Waals surface area contributed by atoms with E-state index in [9.17, 15) is 9.59 Å². The molecule has 0 radical (unpaired) electrons. The van der Waals surface area contributed by atoms with Crippen molar-refractivity contribution in [3.63, 3.8) is 0 Å². The Hall–Kier alpha value is -2.91. The largest absolute Gasteiger partial charge is 0.497 e. The number of aromatic nitrogens is 2. The van der Waals surface area contributed by atoms with Gasteiger partial charge in [-0.1, -0.05) is 41.7 Å². The number of amides is 2. The topological polar surface area (TPSA) is 93.2 Å². The van der Waals surface area contributed by atoms with Gasteiger partial charge in [0, 0.05) is 17.5 Å². The zero-order valence-electron chi connectivity index (χ0n) is 18.0. The molecule has 2 aromatic carbocycles. The van der Waals surface area contributed by atoms with Crippen LogP contribution in [0.5, 0.6) is 5.75 Å². The molecule has 0 unspecified atom stereocenters. The maximum Gasteiger partial charge on any atom is 0.286 e. The molecular weight excluding hydrogens is 444 g/mol. The minimum absolute atomic E-state index is 0.00227. The van der Waals surface area contributed by atoms with Gasteiger partial charge < -0.3 is 15.4 Å². The first-order valence-corrected chi connectivity index (χ1v) is 12.2. The molecule has 168 valence electrons. The molecule has 0 bridgehead atoms. The Morgan fingerprint density at radius 2 is 1.84 bits per heavy atom. The maximum absolute atomic E-state index is 12.3. The standard InChI is InChI=1S/C23H26N4O3S2/c1-16(8-9-17-6-4-3-5-7-17)24-20(28)14-31-15-21-26-27-23(32-21)22(29)25-18-10-12-19(30-2)13-11-18/h3-7,10-13,16H,8-9,14-15H2,1-2H3,(H,24,28)(H,25,29)/t16-/m0/s1. The highest BCUT2D eigenvalue weighted by atomic mass is 32.2. The number of carbonyl (C=O) groups excluding carboxylic acids is 2. The Morgan fingerprint density at radius 3 is 2.56 bits per heavy atom. The molecule has 1 heterocycles. The predicted molar refractivity (Wildman–Crippen MR) is 129 cm³/mol. The lowest BCUT2D eigenvalue weighted by Gasteiger charge is -2.13. The molecule has 1 atom stereocenters. The van der Waals surface area contributed by atoms with Gasteiger partial charge in [0.25, 0.3) is 5.91 Å². The van der Waals surface area contributed by atoms with Crippen molar-refractivity contribution in [2.45, 2.75) is 31.6 Å². The minimum atomic E-state index is -0.311. The average molecular weight is 471 g/mol. The summed E-state index contributed by atoms with van der Waals surface area (Å²) in [4.78, 5) is 24.5. The highest BCUT2D eigenvalue weighted by molar-refractivity contribution is 7.99. The third-order valence-corrected chi connectivity index (χ3v) is 6.63. The number of rotatable bonds is 11. The van der Waals surface area contributed by atoms with Crippen LogP contribution in [0.15, 0.2) is 54.6 Å². The summed E-state index contributed by atoms with van der Waals surface area (Å²) in [5.41, 5.74) is 1.92. The maximum atomic E-state index is 12.3. The van der Waals surface area contributed by atoms with Crippen molar-refractivity contribution in [2.75, 3.05) is 18.2 Å². The van der Waals surface area contributed by atoms with Crippen LogP contribution in [-0.4, -0.2) is 40.9 Å². The van der Waals surface area contributed by atoms with Gasteiger partial charge in [-0.05, 0) is 49.6 Å². The van der Waals surface area contributed by atoms with Crippen LogP contribution >= 0.6 is 23.1 Å². The molecule has 3 aromatic rings. The van der Waals surface area contributed by atoms with Gasteiger partial charge in [-0.2, -0.15) is 0 Å². The van der Waals surface area contributed by atoms with E-state index in [0.29, 0.717) is 28.0 Å². The van der Waals surface area contributed by atoms with Gasteiger partial charge in [0.15, 0.2) is 0 Å². The molecule has 0 aliphatic rings. The number of nitrogens with one attached hydrogen (secondary N) is 2. The van der Waals surface area contributed by atoms with Gasteiger partial charge in [-0.25, -0.2) is 0 Å². The molecule has 0 saturated carbocycles. The number of hydrogen-bond acceptors (Lipinski definition) is 7. The second kappa shape index (κ2) is 12.2. The van der Waals surface area contributed by atoms with E-state index in [4.69, 9.17) is 4.74 Å². The summed E-state index contributed by atoms with van der Waals surface area (Å²) in [5.74, 6) is 1.27. The summed E-state index contributed by atoms with van der Waals surface area (Å²) < 4.78 is 5.10. The molecule has 2 N–H and O–H groups in total. The third-order valence-electron chi connectivity index (χ3n) is 4.58. The van der Waals surface area contributed by atoms with Crippen LogP contribution in [0, 0.1) is 0 Å². The minimum Gasteiger partial charge on any atom is -0.497 e. The lowest BCUT2D eigenvalue weighted by molar-refractivity contribution is -0.119. The molecule has 0 saturated heterocycles. The van der Waals surface area contributed by atoms with Crippen molar-refractivity contribution in [2.24, 2.45) is 0 Å². The molecule has 0 fully saturated rings. The number of anilines is 1. The summed E-state index contributed by atoms with van der Waals surface area (Å²) in [6, 6.07) is 17.4. The summed E-state index contributed by atoms with van der Waals surface area (Å²) in [5, 5.41) is 14.8.